The van der Waals surface area contributed by atoms with Crippen molar-refractivity contribution in [3.05, 3.63) is 22.4 Å². The summed E-state index contributed by atoms with van der Waals surface area (Å²) in [6.07, 6.45) is 3.67. The van der Waals surface area contributed by atoms with Gasteiger partial charge in [0.05, 0.1) is 12.6 Å². The molecule has 0 radical (unpaired) electrons. The minimum Gasteiger partial charge on any atom is -0.348 e. The maximum atomic E-state index is 12.2. The number of hydrogen-bond acceptors (Lipinski definition) is 4. The molecule has 2 atom stereocenters. The monoisotopic (exact) mass is 295 g/mol. The molecular weight excluding hydrogens is 270 g/mol. The minimum atomic E-state index is 0.107. The molecule has 1 saturated heterocycles. The van der Waals surface area contributed by atoms with Crippen LogP contribution in [-0.4, -0.2) is 43.5 Å². The number of rotatable bonds is 6. The van der Waals surface area contributed by atoms with Gasteiger partial charge < -0.3 is 10.6 Å². The first-order valence-corrected chi connectivity index (χ1v) is 8.30. The molecule has 5 heteroatoms. The van der Waals surface area contributed by atoms with Crippen molar-refractivity contribution in [2.45, 2.75) is 38.3 Å². The number of thiophene rings is 1. The van der Waals surface area contributed by atoms with Crippen molar-refractivity contribution < 1.29 is 4.79 Å². The van der Waals surface area contributed by atoms with E-state index in [4.69, 9.17) is 0 Å². The van der Waals surface area contributed by atoms with Crippen molar-refractivity contribution in [1.29, 1.82) is 0 Å². The first-order chi connectivity index (χ1) is 9.70. The average Bonchev–Trinajstić information content (AvgIpc) is 2.95. The van der Waals surface area contributed by atoms with Crippen LogP contribution in [0.1, 0.15) is 37.1 Å². The van der Waals surface area contributed by atoms with Crippen LogP contribution in [0.25, 0.3) is 0 Å². The van der Waals surface area contributed by atoms with Crippen molar-refractivity contribution in [3.63, 3.8) is 0 Å². The fourth-order valence-corrected chi connectivity index (χ4v) is 3.55. The normalized spacial score (nSPS) is 21.6. The van der Waals surface area contributed by atoms with Crippen LogP contribution in [0.5, 0.6) is 0 Å². The first kappa shape index (κ1) is 15.5. The summed E-state index contributed by atoms with van der Waals surface area (Å²) in [5, 5.41) is 8.38. The molecule has 1 aromatic rings. The van der Waals surface area contributed by atoms with Gasteiger partial charge in [0.15, 0.2) is 0 Å². The maximum absolute atomic E-state index is 12.2. The second-order valence-corrected chi connectivity index (χ2v) is 6.46. The predicted molar refractivity (Wildman–Crippen MR) is 84.0 cm³/mol. The lowest BCUT2D eigenvalue weighted by Gasteiger charge is -2.35. The molecule has 2 N–H and O–H groups in total. The molecule has 2 heterocycles. The Morgan fingerprint density at radius 3 is 3.10 bits per heavy atom. The van der Waals surface area contributed by atoms with Gasteiger partial charge in [-0.15, -0.1) is 11.3 Å². The van der Waals surface area contributed by atoms with Crippen LogP contribution in [0.2, 0.25) is 0 Å². The third-order valence-corrected chi connectivity index (χ3v) is 4.94. The van der Waals surface area contributed by atoms with Gasteiger partial charge in [-0.25, -0.2) is 0 Å². The molecule has 4 nitrogen and oxygen atoms in total. The molecule has 1 aliphatic heterocycles. The number of carbonyl (C=O) groups excluding carboxylic acids is 1. The molecule has 2 unspecified atom stereocenters. The highest BCUT2D eigenvalue weighted by molar-refractivity contribution is 7.10. The quantitative estimate of drug-likeness (QED) is 0.844. The Morgan fingerprint density at radius 2 is 2.40 bits per heavy atom. The molecule has 0 spiro atoms. The van der Waals surface area contributed by atoms with E-state index in [0.29, 0.717) is 12.6 Å². The highest BCUT2D eigenvalue weighted by atomic mass is 32.1. The Bertz CT molecular complexity index is 405. The van der Waals surface area contributed by atoms with E-state index in [0.717, 1.165) is 13.1 Å². The molecule has 1 aromatic heterocycles. The fourth-order valence-electron chi connectivity index (χ4n) is 2.82. The molecule has 1 fully saturated rings. The Morgan fingerprint density at radius 1 is 1.55 bits per heavy atom. The minimum absolute atomic E-state index is 0.107. The summed E-state index contributed by atoms with van der Waals surface area (Å²) in [4.78, 5) is 15.7. The summed E-state index contributed by atoms with van der Waals surface area (Å²) < 4.78 is 0. The lowest BCUT2D eigenvalue weighted by Crippen LogP contribution is -2.49. The summed E-state index contributed by atoms with van der Waals surface area (Å²) in [7, 11) is 1.98. The molecule has 0 bridgehead atoms. The van der Waals surface area contributed by atoms with Gasteiger partial charge in [-0.1, -0.05) is 12.5 Å². The van der Waals surface area contributed by atoms with Crippen LogP contribution in [0.15, 0.2) is 17.5 Å². The van der Waals surface area contributed by atoms with Crippen LogP contribution in [0.4, 0.5) is 0 Å². The molecule has 112 valence electrons. The van der Waals surface area contributed by atoms with E-state index in [-0.39, 0.29) is 11.9 Å². The van der Waals surface area contributed by atoms with Crippen molar-refractivity contribution in [2.24, 2.45) is 0 Å². The number of nitrogens with zero attached hydrogens (tertiary/aromatic N) is 1. The van der Waals surface area contributed by atoms with E-state index in [1.807, 2.05) is 25.4 Å². The van der Waals surface area contributed by atoms with E-state index in [2.05, 4.69) is 21.6 Å². The Labute approximate surface area is 125 Å². The lowest BCUT2D eigenvalue weighted by atomic mass is 10.0. The third kappa shape index (κ3) is 4.30. The largest absolute Gasteiger partial charge is 0.348 e. The molecule has 2 rings (SSSR count). The van der Waals surface area contributed by atoms with Crippen molar-refractivity contribution in [2.75, 3.05) is 26.7 Å². The molecule has 0 saturated carbocycles. The zero-order chi connectivity index (χ0) is 14.4. The highest BCUT2D eigenvalue weighted by Crippen LogP contribution is 2.19. The second-order valence-electron chi connectivity index (χ2n) is 5.48. The van der Waals surface area contributed by atoms with Crippen LogP contribution >= 0.6 is 11.3 Å². The smallest absolute Gasteiger partial charge is 0.234 e. The van der Waals surface area contributed by atoms with Crippen molar-refractivity contribution in [3.8, 4) is 0 Å². The second kappa shape index (κ2) is 7.76. The van der Waals surface area contributed by atoms with E-state index < -0.39 is 0 Å². The van der Waals surface area contributed by atoms with Crippen molar-refractivity contribution >= 4 is 17.2 Å². The third-order valence-electron chi connectivity index (χ3n) is 3.88. The van der Waals surface area contributed by atoms with E-state index in [1.165, 1.54) is 24.1 Å². The summed E-state index contributed by atoms with van der Waals surface area (Å²) in [6, 6.07) is 4.70. The summed E-state index contributed by atoms with van der Waals surface area (Å²) in [6.45, 7) is 4.56. The van der Waals surface area contributed by atoms with Crippen LogP contribution in [0, 0.1) is 0 Å². The summed E-state index contributed by atoms with van der Waals surface area (Å²) >= 11 is 1.69. The fraction of sp³-hybridized carbons (Fsp3) is 0.667. The molecule has 0 aromatic carbocycles. The number of nitrogens with one attached hydrogen (secondary N) is 2. The Balaban J connectivity index is 1.83. The van der Waals surface area contributed by atoms with Gasteiger partial charge in [-0.05, 0) is 44.8 Å². The molecule has 1 amide bonds. The standard InChI is InChI=1S/C15H25N3OS/c1-12(14-7-5-9-20-14)17-15(19)11-18-8-4-3-6-13(18)10-16-2/h5,7,9,12-13,16H,3-4,6,8,10-11H2,1-2H3,(H,17,19). The van der Waals surface area contributed by atoms with Crippen LogP contribution in [-0.2, 0) is 4.79 Å². The number of piperidine rings is 1. The topological polar surface area (TPSA) is 44.4 Å². The van der Waals surface area contributed by atoms with Gasteiger partial charge in [-0.3, -0.25) is 9.69 Å². The Hall–Kier alpha value is -0.910. The number of carbonyl (C=O) groups is 1. The average molecular weight is 295 g/mol. The first-order valence-electron chi connectivity index (χ1n) is 7.42. The SMILES string of the molecule is CNCC1CCCCN1CC(=O)NC(C)c1cccs1. The van der Waals surface area contributed by atoms with E-state index in [9.17, 15) is 4.79 Å². The summed E-state index contributed by atoms with van der Waals surface area (Å²) in [5.74, 6) is 0.133. The van der Waals surface area contributed by atoms with Crippen LogP contribution < -0.4 is 10.6 Å². The number of amides is 1. The maximum Gasteiger partial charge on any atom is 0.234 e. The number of hydrogen-bond donors (Lipinski definition) is 2. The van der Waals surface area contributed by atoms with Gasteiger partial charge in [0.2, 0.25) is 5.91 Å². The molecule has 1 aliphatic rings. The van der Waals surface area contributed by atoms with Gasteiger partial charge in [0.1, 0.15) is 0 Å². The van der Waals surface area contributed by atoms with Gasteiger partial charge >= 0.3 is 0 Å². The van der Waals surface area contributed by atoms with Gasteiger partial charge in [-0.2, -0.15) is 0 Å². The highest BCUT2D eigenvalue weighted by Gasteiger charge is 2.24. The van der Waals surface area contributed by atoms with Gasteiger partial charge in [0.25, 0.3) is 0 Å². The predicted octanol–water partition coefficient (Wildman–Crippen LogP) is 2.00. The van der Waals surface area contributed by atoms with E-state index in [1.54, 1.807) is 11.3 Å². The molecule has 20 heavy (non-hydrogen) atoms. The van der Waals surface area contributed by atoms with Crippen LogP contribution in [0.3, 0.4) is 0 Å². The molecule has 0 aliphatic carbocycles. The summed E-state index contributed by atoms with van der Waals surface area (Å²) in [5.41, 5.74) is 0. The van der Waals surface area contributed by atoms with Gasteiger partial charge in [0, 0.05) is 17.5 Å². The van der Waals surface area contributed by atoms with Crippen molar-refractivity contribution in [1.82, 2.24) is 15.5 Å². The Kier molecular flexibility index (Phi) is 6.01. The zero-order valence-corrected chi connectivity index (χ0v) is 13.2. The molecular formula is C15H25N3OS. The number of likely N-dealkylation sites (N-methyl/N-ethyl adjacent to an activating group) is 1. The lowest BCUT2D eigenvalue weighted by molar-refractivity contribution is -0.123. The zero-order valence-electron chi connectivity index (χ0n) is 12.4. The van der Waals surface area contributed by atoms with E-state index >= 15 is 0 Å². The number of likely N-dealkylation sites (tertiary alicyclic amines) is 1.